The minimum Gasteiger partial charge on any atom is -0.497 e. The zero-order valence-electron chi connectivity index (χ0n) is 18.6. The van der Waals surface area contributed by atoms with Crippen LogP contribution in [0.4, 0.5) is 0 Å². The number of fused-ring (bicyclic) bond motifs is 3. The molecule has 2 N–H and O–H groups in total. The van der Waals surface area contributed by atoms with Crippen molar-refractivity contribution >= 4 is 10.9 Å². The Labute approximate surface area is 195 Å². The molecule has 0 amide bonds. The molecule has 1 aromatic heterocycles. The number of nitrogens with two attached hydrogens (primary N) is 1. The molecular weight excluding hydrogens is 430 g/mol. The van der Waals surface area contributed by atoms with Crippen LogP contribution >= 0.6 is 0 Å². The number of aromatic nitrogens is 1. The molecule has 1 unspecified atom stereocenters. The van der Waals surface area contributed by atoms with E-state index in [9.17, 15) is 10.1 Å². The molecular formula is C27H21N3O4. The largest absolute Gasteiger partial charge is 0.497 e. The third kappa shape index (κ3) is 3.16. The van der Waals surface area contributed by atoms with Crippen LogP contribution in [0.5, 0.6) is 17.2 Å². The quantitative estimate of drug-likeness (QED) is 0.499. The van der Waals surface area contributed by atoms with E-state index in [4.69, 9.17) is 19.9 Å². The Morgan fingerprint density at radius 2 is 1.74 bits per heavy atom. The van der Waals surface area contributed by atoms with Crippen LogP contribution in [0.3, 0.4) is 0 Å². The van der Waals surface area contributed by atoms with Gasteiger partial charge in [0.1, 0.15) is 28.9 Å². The first-order valence-corrected chi connectivity index (χ1v) is 10.6. The van der Waals surface area contributed by atoms with Crippen LogP contribution in [0.2, 0.25) is 0 Å². The summed E-state index contributed by atoms with van der Waals surface area (Å²) in [5.41, 5.74) is 8.31. The molecule has 4 aromatic rings. The summed E-state index contributed by atoms with van der Waals surface area (Å²) < 4.78 is 18.6. The van der Waals surface area contributed by atoms with E-state index in [1.807, 2.05) is 54.6 Å². The predicted molar refractivity (Wildman–Crippen MR) is 128 cm³/mol. The van der Waals surface area contributed by atoms with Gasteiger partial charge in [-0.1, -0.05) is 30.3 Å². The number of ether oxygens (including phenoxy) is 3. The standard InChI is InChI=1S/C27H21N3O4/c1-32-17-12-13-22(33-2)19(14-17)23-20(15-28)26(29)34-25-18-10-6-7-11-21(18)30(27(31)24(23)25)16-8-4-3-5-9-16/h3-14,23H,29H2,1-2H3. The van der Waals surface area contributed by atoms with Gasteiger partial charge in [-0.05, 0) is 42.5 Å². The van der Waals surface area contributed by atoms with Gasteiger partial charge in [-0.25, -0.2) is 0 Å². The van der Waals surface area contributed by atoms with Crippen LogP contribution in [0.15, 0.2) is 89.0 Å². The van der Waals surface area contributed by atoms with Crippen molar-refractivity contribution in [2.75, 3.05) is 14.2 Å². The molecule has 0 aliphatic carbocycles. The molecule has 0 saturated carbocycles. The highest BCUT2D eigenvalue weighted by Crippen LogP contribution is 2.46. The Hall–Kier alpha value is -4.70. The van der Waals surface area contributed by atoms with Crippen molar-refractivity contribution in [3.8, 4) is 29.0 Å². The smallest absolute Gasteiger partial charge is 0.263 e. The molecule has 7 nitrogen and oxygen atoms in total. The maximum atomic E-state index is 14.2. The number of hydrogen-bond donors (Lipinski definition) is 1. The van der Waals surface area contributed by atoms with Crippen molar-refractivity contribution in [2.45, 2.75) is 5.92 Å². The van der Waals surface area contributed by atoms with Crippen molar-refractivity contribution in [3.05, 3.63) is 106 Å². The Morgan fingerprint density at radius 3 is 2.44 bits per heavy atom. The van der Waals surface area contributed by atoms with Gasteiger partial charge in [0.25, 0.3) is 5.56 Å². The SMILES string of the molecule is COc1ccc(OC)c(C2C(C#N)=C(N)Oc3c2c(=O)n(-c2ccccc2)c2ccccc32)c1. The van der Waals surface area contributed by atoms with E-state index in [1.165, 1.54) is 7.11 Å². The fourth-order valence-electron chi connectivity index (χ4n) is 4.48. The van der Waals surface area contributed by atoms with Crippen molar-refractivity contribution < 1.29 is 14.2 Å². The van der Waals surface area contributed by atoms with Gasteiger partial charge in [0.15, 0.2) is 0 Å². The molecule has 1 atom stereocenters. The van der Waals surface area contributed by atoms with Gasteiger partial charge in [-0.2, -0.15) is 5.26 Å². The first-order chi connectivity index (χ1) is 16.6. The zero-order chi connectivity index (χ0) is 23.8. The summed E-state index contributed by atoms with van der Waals surface area (Å²) in [6.07, 6.45) is 0. The number of benzene rings is 3. The normalized spacial score (nSPS) is 14.8. The van der Waals surface area contributed by atoms with Gasteiger partial charge in [0, 0.05) is 16.6 Å². The number of rotatable bonds is 4. The lowest BCUT2D eigenvalue weighted by molar-refractivity contribution is 0.385. The highest BCUT2D eigenvalue weighted by Gasteiger charge is 2.37. The maximum Gasteiger partial charge on any atom is 0.263 e. The summed E-state index contributed by atoms with van der Waals surface area (Å²) in [6, 6.07) is 24.2. The number of hydrogen-bond acceptors (Lipinski definition) is 6. The van der Waals surface area contributed by atoms with Gasteiger partial charge >= 0.3 is 0 Å². The molecule has 5 rings (SSSR count). The minimum absolute atomic E-state index is 0.0492. The number of nitrogens with zero attached hydrogens (tertiary/aromatic N) is 2. The van der Waals surface area contributed by atoms with Gasteiger partial charge < -0.3 is 19.9 Å². The summed E-state index contributed by atoms with van der Waals surface area (Å²) >= 11 is 0. The molecule has 0 radical (unpaired) electrons. The lowest BCUT2D eigenvalue weighted by atomic mass is 9.82. The van der Waals surface area contributed by atoms with Crippen molar-refractivity contribution in [3.63, 3.8) is 0 Å². The van der Waals surface area contributed by atoms with Crippen LogP contribution in [-0.4, -0.2) is 18.8 Å². The molecule has 0 saturated heterocycles. The molecule has 3 aromatic carbocycles. The second-order valence-electron chi connectivity index (χ2n) is 7.77. The monoisotopic (exact) mass is 451 g/mol. The zero-order valence-corrected chi connectivity index (χ0v) is 18.6. The summed E-state index contributed by atoms with van der Waals surface area (Å²) in [4.78, 5) is 14.2. The Bertz CT molecular complexity index is 1550. The predicted octanol–water partition coefficient (Wildman–Crippen LogP) is 4.23. The molecule has 0 fully saturated rings. The van der Waals surface area contributed by atoms with Crippen molar-refractivity contribution in [1.29, 1.82) is 5.26 Å². The molecule has 168 valence electrons. The highest BCUT2D eigenvalue weighted by atomic mass is 16.5. The van der Waals surface area contributed by atoms with Gasteiger partial charge in [0.2, 0.25) is 5.88 Å². The van der Waals surface area contributed by atoms with E-state index >= 15 is 0 Å². The van der Waals surface area contributed by atoms with Crippen LogP contribution in [0.25, 0.3) is 16.6 Å². The van der Waals surface area contributed by atoms with Crippen molar-refractivity contribution in [2.24, 2.45) is 5.73 Å². The summed E-state index contributed by atoms with van der Waals surface area (Å²) in [5.74, 6) is 0.527. The second kappa shape index (κ2) is 8.34. The molecule has 2 heterocycles. The molecule has 0 bridgehead atoms. The molecule has 1 aliphatic rings. The van der Waals surface area contributed by atoms with Gasteiger partial charge in [-0.3, -0.25) is 9.36 Å². The average molecular weight is 451 g/mol. The van der Waals surface area contributed by atoms with Crippen molar-refractivity contribution in [1.82, 2.24) is 4.57 Å². The number of nitriles is 1. The minimum atomic E-state index is -0.814. The van der Waals surface area contributed by atoms with Crippen LogP contribution in [0, 0.1) is 11.3 Å². The van der Waals surface area contributed by atoms with Gasteiger partial charge in [-0.15, -0.1) is 0 Å². The lowest BCUT2D eigenvalue weighted by Crippen LogP contribution is -2.31. The van der Waals surface area contributed by atoms with E-state index in [-0.39, 0.29) is 17.0 Å². The first kappa shape index (κ1) is 21.2. The van der Waals surface area contributed by atoms with E-state index in [1.54, 1.807) is 29.9 Å². The van der Waals surface area contributed by atoms with E-state index < -0.39 is 5.92 Å². The summed E-state index contributed by atoms with van der Waals surface area (Å²) in [6.45, 7) is 0. The number of methoxy groups -OCH3 is 2. The van der Waals surface area contributed by atoms with E-state index in [0.29, 0.717) is 45.0 Å². The highest BCUT2D eigenvalue weighted by molar-refractivity contribution is 5.89. The number of para-hydroxylation sites is 2. The van der Waals surface area contributed by atoms with E-state index in [2.05, 4.69) is 6.07 Å². The van der Waals surface area contributed by atoms with Crippen LogP contribution < -0.4 is 25.5 Å². The van der Waals surface area contributed by atoms with Crippen LogP contribution in [0.1, 0.15) is 17.0 Å². The number of allylic oxidation sites excluding steroid dienone is 1. The molecule has 34 heavy (non-hydrogen) atoms. The maximum absolute atomic E-state index is 14.2. The lowest BCUT2D eigenvalue weighted by Gasteiger charge is -2.29. The topological polar surface area (TPSA) is 99.5 Å². The number of pyridine rings is 1. The van der Waals surface area contributed by atoms with Crippen LogP contribution in [-0.2, 0) is 0 Å². The Kier molecular flexibility index (Phi) is 5.19. The third-order valence-electron chi connectivity index (χ3n) is 6.01. The molecule has 0 spiro atoms. The summed E-state index contributed by atoms with van der Waals surface area (Å²) in [7, 11) is 3.09. The summed E-state index contributed by atoms with van der Waals surface area (Å²) in [5, 5.41) is 10.8. The fourth-order valence-corrected chi connectivity index (χ4v) is 4.48. The van der Waals surface area contributed by atoms with E-state index in [0.717, 1.165) is 0 Å². The second-order valence-corrected chi connectivity index (χ2v) is 7.77. The molecule has 1 aliphatic heterocycles. The fraction of sp³-hybridized carbons (Fsp3) is 0.111. The average Bonchev–Trinajstić information content (AvgIpc) is 2.88. The Morgan fingerprint density at radius 1 is 1.00 bits per heavy atom. The van der Waals surface area contributed by atoms with Gasteiger partial charge in [0.05, 0.1) is 31.2 Å². The Balaban J connectivity index is 1.94. The molecule has 7 heteroatoms. The first-order valence-electron chi connectivity index (χ1n) is 10.6. The third-order valence-corrected chi connectivity index (χ3v) is 6.01.